The molecule has 2 amide bonds. The molecule has 7 heteroatoms. The molecular weight excluding hydrogens is 358 g/mol. The summed E-state index contributed by atoms with van der Waals surface area (Å²) >= 11 is 0. The molecule has 1 saturated carbocycles. The Morgan fingerprint density at radius 1 is 1.18 bits per heavy atom. The third-order valence-corrected chi connectivity index (χ3v) is 6.32. The van der Waals surface area contributed by atoms with Crippen molar-refractivity contribution in [3.8, 4) is 0 Å². The SMILES string of the molecule is Cc1c(C=NN2C(=O)[C@@H]3[C@H](C2=O)[C@H]2C=C[C@H]3C2)c2ccccc2n1CC(=O)O. The molecule has 142 valence electrons. The van der Waals surface area contributed by atoms with Crippen LogP contribution < -0.4 is 0 Å². The van der Waals surface area contributed by atoms with Gasteiger partial charge >= 0.3 is 5.97 Å². The summed E-state index contributed by atoms with van der Waals surface area (Å²) in [5, 5.41) is 15.3. The lowest BCUT2D eigenvalue weighted by molar-refractivity contribution is -0.141. The van der Waals surface area contributed by atoms with E-state index in [1.807, 2.05) is 43.3 Å². The minimum atomic E-state index is -0.937. The number of carboxylic acids is 1. The van der Waals surface area contributed by atoms with Crippen molar-refractivity contribution in [2.75, 3.05) is 0 Å². The van der Waals surface area contributed by atoms with Gasteiger partial charge in [-0.25, -0.2) is 0 Å². The van der Waals surface area contributed by atoms with E-state index in [0.29, 0.717) is 0 Å². The van der Waals surface area contributed by atoms with Gasteiger partial charge in [-0.15, -0.1) is 0 Å². The van der Waals surface area contributed by atoms with E-state index < -0.39 is 5.97 Å². The zero-order valence-corrected chi connectivity index (χ0v) is 15.3. The second kappa shape index (κ2) is 5.89. The number of hydrazone groups is 1. The van der Waals surface area contributed by atoms with Crippen LogP contribution >= 0.6 is 0 Å². The molecule has 2 bridgehead atoms. The highest BCUT2D eigenvalue weighted by molar-refractivity contribution is 6.08. The van der Waals surface area contributed by atoms with E-state index in [1.165, 1.54) is 6.21 Å². The third kappa shape index (κ3) is 2.22. The van der Waals surface area contributed by atoms with Crippen molar-refractivity contribution >= 4 is 34.9 Å². The van der Waals surface area contributed by atoms with Crippen LogP contribution in [0.4, 0.5) is 0 Å². The summed E-state index contributed by atoms with van der Waals surface area (Å²) in [4.78, 5) is 36.8. The van der Waals surface area contributed by atoms with Crippen LogP contribution in [0.5, 0.6) is 0 Å². The number of carbonyl (C=O) groups is 3. The number of carbonyl (C=O) groups excluding carboxylic acids is 2. The molecule has 2 heterocycles. The predicted octanol–water partition coefficient (Wildman–Crippen LogP) is 2.18. The normalized spacial score (nSPS) is 28.2. The number of allylic oxidation sites excluding steroid dienone is 2. The monoisotopic (exact) mass is 377 g/mol. The minimum absolute atomic E-state index is 0.144. The highest BCUT2D eigenvalue weighted by Crippen LogP contribution is 2.52. The first kappa shape index (κ1) is 16.9. The van der Waals surface area contributed by atoms with Gasteiger partial charge in [-0.05, 0) is 31.2 Å². The van der Waals surface area contributed by atoms with Crippen LogP contribution in [-0.4, -0.2) is 38.7 Å². The first-order chi connectivity index (χ1) is 13.5. The van der Waals surface area contributed by atoms with Gasteiger partial charge in [0.05, 0.1) is 18.1 Å². The molecular formula is C21H19N3O4. The maximum Gasteiger partial charge on any atom is 0.323 e. The molecule has 28 heavy (non-hydrogen) atoms. The van der Waals surface area contributed by atoms with E-state index in [1.54, 1.807) is 4.57 Å². The van der Waals surface area contributed by atoms with Gasteiger partial charge in [0.1, 0.15) is 6.54 Å². The largest absolute Gasteiger partial charge is 0.480 e. The molecule has 1 N–H and O–H groups in total. The third-order valence-electron chi connectivity index (χ3n) is 6.32. The number of imide groups is 1. The van der Waals surface area contributed by atoms with Crippen molar-refractivity contribution in [3.63, 3.8) is 0 Å². The van der Waals surface area contributed by atoms with Crippen molar-refractivity contribution in [2.45, 2.75) is 19.9 Å². The molecule has 1 aliphatic heterocycles. The van der Waals surface area contributed by atoms with E-state index in [2.05, 4.69) is 5.10 Å². The Hall–Kier alpha value is -3.22. The number of fused-ring (bicyclic) bond motifs is 6. The summed E-state index contributed by atoms with van der Waals surface area (Å²) < 4.78 is 1.70. The Kier molecular flexibility index (Phi) is 3.56. The van der Waals surface area contributed by atoms with E-state index in [4.69, 9.17) is 0 Å². The number of nitrogens with zero attached hydrogens (tertiary/aromatic N) is 3. The van der Waals surface area contributed by atoms with Gasteiger partial charge in [0.25, 0.3) is 11.8 Å². The molecule has 2 aliphatic carbocycles. The van der Waals surface area contributed by atoms with E-state index in [0.717, 1.165) is 33.6 Å². The number of amides is 2. The summed E-state index contributed by atoms with van der Waals surface area (Å²) in [6.45, 7) is 1.65. The fourth-order valence-electron chi connectivity index (χ4n) is 5.08. The second-order valence-corrected chi connectivity index (χ2v) is 7.73. The van der Waals surface area contributed by atoms with Crippen molar-refractivity contribution < 1.29 is 19.5 Å². The average molecular weight is 377 g/mol. The van der Waals surface area contributed by atoms with Gasteiger partial charge in [-0.1, -0.05) is 30.4 Å². The van der Waals surface area contributed by atoms with Crippen LogP contribution in [0.2, 0.25) is 0 Å². The van der Waals surface area contributed by atoms with Crippen LogP contribution in [0.1, 0.15) is 17.7 Å². The van der Waals surface area contributed by atoms with Crippen molar-refractivity contribution in [1.82, 2.24) is 9.58 Å². The summed E-state index contributed by atoms with van der Waals surface area (Å²) in [6.07, 6.45) is 6.50. The molecule has 2 aromatic rings. The lowest BCUT2D eigenvalue weighted by Gasteiger charge is -2.13. The lowest BCUT2D eigenvalue weighted by Crippen LogP contribution is -2.28. The summed E-state index contributed by atoms with van der Waals surface area (Å²) in [7, 11) is 0. The number of carboxylic acid groups (broad SMARTS) is 1. The lowest BCUT2D eigenvalue weighted by atomic mass is 9.85. The molecule has 1 saturated heterocycles. The van der Waals surface area contributed by atoms with Crippen LogP contribution in [0, 0.1) is 30.6 Å². The number of hydrogen-bond donors (Lipinski definition) is 1. The van der Waals surface area contributed by atoms with Gasteiger partial charge < -0.3 is 9.67 Å². The number of aromatic nitrogens is 1. The van der Waals surface area contributed by atoms with Gasteiger partial charge in [0.2, 0.25) is 0 Å². The topological polar surface area (TPSA) is 92.0 Å². The van der Waals surface area contributed by atoms with Crippen molar-refractivity contribution in [1.29, 1.82) is 0 Å². The molecule has 2 fully saturated rings. The summed E-state index contributed by atoms with van der Waals surface area (Å²) in [5.74, 6) is -1.67. The Labute approximate surface area is 160 Å². The highest BCUT2D eigenvalue weighted by atomic mass is 16.4. The Morgan fingerprint density at radius 3 is 2.46 bits per heavy atom. The smallest absolute Gasteiger partial charge is 0.323 e. The quantitative estimate of drug-likeness (QED) is 0.502. The van der Waals surface area contributed by atoms with E-state index in [9.17, 15) is 19.5 Å². The Bertz CT molecular complexity index is 1070. The standard InChI is InChI=1S/C21H19N3O4/c1-11-15(14-4-2-3-5-16(14)23(11)10-17(25)26)9-22-24-20(27)18-12-6-7-13(8-12)19(18)21(24)28/h2-7,9,12-13,18-19H,8,10H2,1H3,(H,25,26)/t12-,13-,18-,19+/m0/s1. The van der Waals surface area contributed by atoms with Crippen LogP contribution in [0.3, 0.4) is 0 Å². The highest BCUT2D eigenvalue weighted by Gasteiger charge is 2.59. The molecule has 0 radical (unpaired) electrons. The van der Waals surface area contributed by atoms with Gasteiger partial charge in [0.15, 0.2) is 0 Å². The zero-order chi connectivity index (χ0) is 19.6. The first-order valence-electron chi connectivity index (χ1n) is 9.37. The number of para-hydroxylation sites is 1. The summed E-state index contributed by atoms with van der Waals surface area (Å²) in [6, 6.07) is 7.44. The van der Waals surface area contributed by atoms with E-state index >= 15 is 0 Å². The molecule has 7 nitrogen and oxygen atoms in total. The maximum atomic E-state index is 12.8. The molecule has 1 aromatic heterocycles. The van der Waals surface area contributed by atoms with Crippen LogP contribution in [-0.2, 0) is 20.9 Å². The molecule has 1 aromatic carbocycles. The van der Waals surface area contributed by atoms with Gasteiger partial charge in [-0.2, -0.15) is 10.1 Å². The summed E-state index contributed by atoms with van der Waals surface area (Å²) in [5.41, 5.74) is 2.23. The molecule has 4 atom stereocenters. The molecule has 0 unspecified atom stereocenters. The average Bonchev–Trinajstić information content (AvgIpc) is 3.40. The van der Waals surface area contributed by atoms with Crippen molar-refractivity contribution in [3.05, 3.63) is 47.7 Å². The number of aliphatic carboxylic acids is 1. The minimum Gasteiger partial charge on any atom is -0.480 e. The van der Waals surface area contributed by atoms with Crippen LogP contribution in [0.15, 0.2) is 41.5 Å². The second-order valence-electron chi connectivity index (χ2n) is 7.73. The first-order valence-corrected chi connectivity index (χ1v) is 9.37. The number of hydrogen-bond acceptors (Lipinski definition) is 4. The Balaban J connectivity index is 1.52. The van der Waals surface area contributed by atoms with E-state index in [-0.39, 0.29) is 42.0 Å². The Morgan fingerprint density at radius 2 is 1.82 bits per heavy atom. The van der Waals surface area contributed by atoms with Crippen LogP contribution in [0.25, 0.3) is 10.9 Å². The molecule has 0 spiro atoms. The number of rotatable bonds is 4. The van der Waals surface area contributed by atoms with Gasteiger partial charge in [0, 0.05) is 22.2 Å². The predicted molar refractivity (Wildman–Crippen MR) is 101 cm³/mol. The van der Waals surface area contributed by atoms with Gasteiger partial charge in [-0.3, -0.25) is 14.4 Å². The van der Waals surface area contributed by atoms with Crippen molar-refractivity contribution in [2.24, 2.45) is 28.8 Å². The molecule has 5 rings (SSSR count). The fraction of sp³-hybridized carbons (Fsp3) is 0.333. The fourth-order valence-corrected chi connectivity index (χ4v) is 5.08. The molecule has 3 aliphatic rings. The zero-order valence-electron chi connectivity index (χ0n) is 15.3. The number of benzene rings is 1. The maximum absolute atomic E-state index is 12.8.